The molecule has 0 heterocycles. The lowest BCUT2D eigenvalue weighted by molar-refractivity contribution is -0.141. The number of unbranched alkanes of at least 4 members (excludes halogenated alkanes) is 2. The standard InChI is InChI=1S/C10H20N2O4/c1-2-3-4-7-11-12-8(10(15)16)5-6-9(13)14/h8,11-12H,2-7H2,1H3,(H,13,14)(H,15,16). The van der Waals surface area contributed by atoms with E-state index in [0.717, 1.165) is 19.3 Å². The molecule has 0 bridgehead atoms. The number of hydrazine groups is 1. The molecular formula is C10H20N2O4. The highest BCUT2D eigenvalue weighted by molar-refractivity contribution is 5.74. The number of carbonyl (C=O) groups is 2. The van der Waals surface area contributed by atoms with Crippen molar-refractivity contribution in [3.63, 3.8) is 0 Å². The summed E-state index contributed by atoms with van der Waals surface area (Å²) in [7, 11) is 0. The number of nitrogens with one attached hydrogen (secondary N) is 2. The fourth-order valence-corrected chi connectivity index (χ4v) is 1.18. The highest BCUT2D eigenvalue weighted by Gasteiger charge is 2.17. The summed E-state index contributed by atoms with van der Waals surface area (Å²) in [6.45, 7) is 2.77. The van der Waals surface area contributed by atoms with Gasteiger partial charge in [-0.1, -0.05) is 19.8 Å². The number of hydrogen-bond acceptors (Lipinski definition) is 4. The summed E-state index contributed by atoms with van der Waals surface area (Å²) >= 11 is 0. The van der Waals surface area contributed by atoms with Gasteiger partial charge in [0.05, 0.1) is 0 Å². The summed E-state index contributed by atoms with van der Waals surface area (Å²) in [5.74, 6) is -2.02. The Hall–Kier alpha value is -1.14. The van der Waals surface area contributed by atoms with E-state index in [0.29, 0.717) is 6.54 Å². The van der Waals surface area contributed by atoms with Gasteiger partial charge in [0.25, 0.3) is 0 Å². The Kier molecular flexibility index (Phi) is 8.46. The molecule has 94 valence electrons. The van der Waals surface area contributed by atoms with E-state index in [1.54, 1.807) is 0 Å². The largest absolute Gasteiger partial charge is 0.481 e. The van der Waals surface area contributed by atoms with E-state index in [1.165, 1.54) is 0 Å². The maximum atomic E-state index is 10.7. The first kappa shape index (κ1) is 14.9. The van der Waals surface area contributed by atoms with Crippen LogP contribution in [0.2, 0.25) is 0 Å². The first-order valence-corrected chi connectivity index (χ1v) is 5.51. The molecule has 0 spiro atoms. The smallest absolute Gasteiger partial charge is 0.322 e. The van der Waals surface area contributed by atoms with Crippen LogP contribution >= 0.6 is 0 Å². The molecule has 0 aromatic rings. The van der Waals surface area contributed by atoms with Crippen molar-refractivity contribution in [3.05, 3.63) is 0 Å². The lowest BCUT2D eigenvalue weighted by atomic mass is 10.2. The molecule has 1 atom stereocenters. The van der Waals surface area contributed by atoms with Crippen LogP contribution in [0.1, 0.15) is 39.0 Å². The minimum absolute atomic E-state index is 0.0748. The van der Waals surface area contributed by atoms with Gasteiger partial charge in [0, 0.05) is 13.0 Å². The van der Waals surface area contributed by atoms with Gasteiger partial charge in [-0.25, -0.2) is 5.43 Å². The number of aliphatic carboxylic acids is 2. The minimum Gasteiger partial charge on any atom is -0.481 e. The molecule has 16 heavy (non-hydrogen) atoms. The Labute approximate surface area is 95.0 Å². The van der Waals surface area contributed by atoms with Gasteiger partial charge in [0.1, 0.15) is 6.04 Å². The second-order valence-corrected chi connectivity index (χ2v) is 3.60. The van der Waals surface area contributed by atoms with Crippen LogP contribution in [-0.4, -0.2) is 34.7 Å². The molecule has 4 N–H and O–H groups in total. The quantitative estimate of drug-likeness (QED) is 0.325. The van der Waals surface area contributed by atoms with Gasteiger partial charge in [-0.05, 0) is 12.8 Å². The highest BCUT2D eigenvalue weighted by Crippen LogP contribution is 1.97. The van der Waals surface area contributed by atoms with Crippen LogP contribution in [-0.2, 0) is 9.59 Å². The predicted octanol–water partition coefficient (Wildman–Crippen LogP) is 0.589. The van der Waals surface area contributed by atoms with Crippen LogP contribution < -0.4 is 10.9 Å². The average molecular weight is 232 g/mol. The summed E-state index contributed by atoms with van der Waals surface area (Å²) in [6, 6.07) is -0.849. The number of carboxylic acid groups (broad SMARTS) is 2. The van der Waals surface area contributed by atoms with Gasteiger partial charge in [0.15, 0.2) is 0 Å². The molecule has 6 heteroatoms. The molecule has 0 fully saturated rings. The van der Waals surface area contributed by atoms with Crippen LogP contribution in [0.3, 0.4) is 0 Å². The zero-order chi connectivity index (χ0) is 12.4. The molecule has 0 radical (unpaired) electrons. The molecule has 6 nitrogen and oxygen atoms in total. The molecule has 0 aromatic carbocycles. The third-order valence-electron chi connectivity index (χ3n) is 2.13. The topological polar surface area (TPSA) is 98.7 Å². The molecule has 1 unspecified atom stereocenters. The molecule has 0 rings (SSSR count). The van der Waals surface area contributed by atoms with Crippen molar-refractivity contribution in [1.82, 2.24) is 10.9 Å². The SMILES string of the molecule is CCCCCNNC(CCC(=O)O)C(=O)O. The van der Waals surface area contributed by atoms with E-state index in [2.05, 4.69) is 17.8 Å². The fraction of sp³-hybridized carbons (Fsp3) is 0.800. The minimum atomic E-state index is -1.04. The second kappa shape index (κ2) is 9.11. The van der Waals surface area contributed by atoms with E-state index < -0.39 is 18.0 Å². The Morgan fingerprint density at radius 1 is 1.25 bits per heavy atom. The van der Waals surface area contributed by atoms with Crippen molar-refractivity contribution >= 4 is 11.9 Å². The monoisotopic (exact) mass is 232 g/mol. The molecule has 0 aliphatic carbocycles. The first-order valence-electron chi connectivity index (χ1n) is 5.51. The summed E-state index contributed by atoms with van der Waals surface area (Å²) in [4.78, 5) is 21.0. The lowest BCUT2D eigenvalue weighted by Gasteiger charge is -2.14. The molecule has 0 saturated carbocycles. The molecule has 0 aliphatic heterocycles. The van der Waals surface area contributed by atoms with Gasteiger partial charge < -0.3 is 10.2 Å². The average Bonchev–Trinajstić information content (AvgIpc) is 2.21. The normalized spacial score (nSPS) is 12.3. The Morgan fingerprint density at radius 3 is 2.44 bits per heavy atom. The van der Waals surface area contributed by atoms with Crippen LogP contribution in [0.15, 0.2) is 0 Å². The molecule has 0 saturated heterocycles. The van der Waals surface area contributed by atoms with Crippen molar-refractivity contribution in [2.24, 2.45) is 0 Å². The van der Waals surface area contributed by atoms with Crippen LogP contribution in [0, 0.1) is 0 Å². The zero-order valence-corrected chi connectivity index (χ0v) is 9.53. The van der Waals surface area contributed by atoms with E-state index in [9.17, 15) is 9.59 Å². The number of carboxylic acids is 2. The van der Waals surface area contributed by atoms with Crippen molar-refractivity contribution < 1.29 is 19.8 Å². The Balaban J connectivity index is 3.68. The van der Waals surface area contributed by atoms with Crippen LogP contribution in [0.4, 0.5) is 0 Å². The third-order valence-corrected chi connectivity index (χ3v) is 2.13. The van der Waals surface area contributed by atoms with E-state index >= 15 is 0 Å². The number of hydrogen-bond donors (Lipinski definition) is 4. The first-order chi connectivity index (χ1) is 7.57. The predicted molar refractivity (Wildman–Crippen MR) is 59.0 cm³/mol. The van der Waals surface area contributed by atoms with Crippen molar-refractivity contribution in [2.75, 3.05) is 6.54 Å². The Morgan fingerprint density at radius 2 is 1.94 bits per heavy atom. The van der Waals surface area contributed by atoms with Gasteiger partial charge >= 0.3 is 11.9 Å². The molecule has 0 amide bonds. The Bertz CT molecular complexity index is 221. The fourth-order valence-electron chi connectivity index (χ4n) is 1.18. The molecular weight excluding hydrogens is 212 g/mol. The third kappa shape index (κ3) is 8.19. The summed E-state index contributed by atoms with van der Waals surface area (Å²) in [6.07, 6.45) is 3.07. The molecule has 0 aromatic heterocycles. The maximum absolute atomic E-state index is 10.7. The van der Waals surface area contributed by atoms with Gasteiger partial charge in [-0.3, -0.25) is 15.0 Å². The van der Waals surface area contributed by atoms with Gasteiger partial charge in [-0.15, -0.1) is 0 Å². The molecule has 0 aliphatic rings. The summed E-state index contributed by atoms with van der Waals surface area (Å²) in [5.41, 5.74) is 5.42. The zero-order valence-electron chi connectivity index (χ0n) is 9.53. The van der Waals surface area contributed by atoms with E-state index in [-0.39, 0.29) is 12.8 Å². The second-order valence-electron chi connectivity index (χ2n) is 3.60. The van der Waals surface area contributed by atoms with Crippen LogP contribution in [0.25, 0.3) is 0 Å². The maximum Gasteiger partial charge on any atom is 0.322 e. The summed E-state index contributed by atoms with van der Waals surface area (Å²) < 4.78 is 0. The van der Waals surface area contributed by atoms with Gasteiger partial charge in [0.2, 0.25) is 0 Å². The van der Waals surface area contributed by atoms with Crippen molar-refractivity contribution in [1.29, 1.82) is 0 Å². The van der Waals surface area contributed by atoms with Crippen LogP contribution in [0.5, 0.6) is 0 Å². The highest BCUT2D eigenvalue weighted by atomic mass is 16.4. The van der Waals surface area contributed by atoms with Crippen molar-refractivity contribution in [3.8, 4) is 0 Å². The van der Waals surface area contributed by atoms with Crippen molar-refractivity contribution in [2.45, 2.75) is 45.1 Å². The van der Waals surface area contributed by atoms with Gasteiger partial charge in [-0.2, -0.15) is 0 Å². The van der Waals surface area contributed by atoms with E-state index in [1.807, 2.05) is 0 Å². The summed E-state index contributed by atoms with van der Waals surface area (Å²) in [5, 5.41) is 17.2. The lowest BCUT2D eigenvalue weighted by Crippen LogP contribution is -2.46. The van der Waals surface area contributed by atoms with E-state index in [4.69, 9.17) is 10.2 Å². The number of rotatable bonds is 10.